The minimum atomic E-state index is -1.18. The Hall–Kier alpha value is -4.66. The van der Waals surface area contributed by atoms with E-state index in [1.165, 1.54) is 11.0 Å². The Bertz CT molecular complexity index is 1370. The zero-order valence-corrected chi connectivity index (χ0v) is 23.1. The lowest BCUT2D eigenvalue weighted by Gasteiger charge is -2.33. The largest absolute Gasteiger partial charge is 0.444 e. The molecule has 3 aromatic carbocycles. The number of nitrogens with zero attached hydrogens (tertiary/aromatic N) is 1. The lowest BCUT2D eigenvalue weighted by molar-refractivity contribution is -0.140. The molecule has 4 N–H and O–H groups in total. The van der Waals surface area contributed by atoms with E-state index in [0.717, 1.165) is 10.8 Å². The Morgan fingerprint density at radius 2 is 1.62 bits per heavy atom. The lowest BCUT2D eigenvalue weighted by atomic mass is 10.0. The van der Waals surface area contributed by atoms with Crippen LogP contribution in [-0.2, 0) is 19.1 Å². The second kappa shape index (κ2) is 13.4. The molecule has 2 unspecified atom stereocenters. The predicted molar refractivity (Wildman–Crippen MR) is 155 cm³/mol. The third-order valence-electron chi connectivity index (χ3n) is 5.97. The van der Waals surface area contributed by atoms with Crippen LogP contribution in [0.2, 0.25) is 0 Å². The zero-order valence-electron chi connectivity index (χ0n) is 23.1. The van der Waals surface area contributed by atoms with Gasteiger partial charge in [0.15, 0.2) is 0 Å². The lowest BCUT2D eigenvalue weighted by Crippen LogP contribution is -2.52. The minimum Gasteiger partial charge on any atom is -0.444 e. The highest BCUT2D eigenvalue weighted by Gasteiger charge is 2.36. The van der Waals surface area contributed by atoms with Crippen LogP contribution in [0.1, 0.15) is 45.2 Å². The van der Waals surface area contributed by atoms with Gasteiger partial charge in [0.05, 0.1) is 0 Å². The summed E-state index contributed by atoms with van der Waals surface area (Å²) in [7, 11) is 0. The summed E-state index contributed by atoms with van der Waals surface area (Å²) in [5, 5.41) is 7.46. The number of benzene rings is 3. The molecule has 0 spiro atoms. The summed E-state index contributed by atoms with van der Waals surface area (Å²) in [5.41, 5.74) is 5.65. The number of ether oxygens (including phenoxy) is 1. The number of anilines is 1. The highest BCUT2D eigenvalue weighted by molar-refractivity contribution is 6.00. The van der Waals surface area contributed by atoms with E-state index >= 15 is 0 Å². The quantitative estimate of drug-likeness (QED) is 0.301. The number of carbonyl (C=O) groups excluding carboxylic acids is 4. The van der Waals surface area contributed by atoms with Crippen LogP contribution in [0.25, 0.3) is 10.8 Å². The number of hydrogen-bond acceptors (Lipinski definition) is 5. The van der Waals surface area contributed by atoms with E-state index in [1.807, 2.05) is 36.4 Å². The molecule has 3 rings (SSSR count). The molecule has 9 heteroatoms. The average molecular weight is 545 g/mol. The van der Waals surface area contributed by atoms with Crippen LogP contribution in [0.4, 0.5) is 10.5 Å². The smallest absolute Gasteiger partial charge is 0.408 e. The fraction of sp³-hybridized carbons (Fsp3) is 0.290. The maximum absolute atomic E-state index is 14.0. The fourth-order valence-corrected chi connectivity index (χ4v) is 4.24. The highest BCUT2D eigenvalue weighted by Crippen LogP contribution is 2.26. The van der Waals surface area contributed by atoms with Crippen LogP contribution in [0.5, 0.6) is 0 Å². The molecule has 0 saturated carbocycles. The van der Waals surface area contributed by atoms with Crippen LogP contribution < -0.4 is 16.4 Å². The first kappa shape index (κ1) is 29.9. The fourth-order valence-electron chi connectivity index (χ4n) is 4.24. The van der Waals surface area contributed by atoms with Gasteiger partial charge in [-0.1, -0.05) is 66.7 Å². The van der Waals surface area contributed by atoms with E-state index in [1.54, 1.807) is 57.2 Å². The summed E-state index contributed by atoms with van der Waals surface area (Å²) in [6, 6.07) is 19.9. The molecule has 0 aliphatic heterocycles. The summed E-state index contributed by atoms with van der Waals surface area (Å²) in [6.45, 7) is 8.84. The second-order valence-corrected chi connectivity index (χ2v) is 10.3. The number of rotatable bonds is 11. The summed E-state index contributed by atoms with van der Waals surface area (Å²) in [4.78, 5) is 53.3. The minimum absolute atomic E-state index is 0.00734. The van der Waals surface area contributed by atoms with Gasteiger partial charge in [-0.15, -0.1) is 6.58 Å². The van der Waals surface area contributed by atoms with E-state index < -0.39 is 41.5 Å². The third-order valence-corrected chi connectivity index (χ3v) is 5.97. The normalized spacial score (nSPS) is 12.6. The number of carbonyl (C=O) groups is 4. The van der Waals surface area contributed by atoms with Gasteiger partial charge in [0.2, 0.25) is 11.8 Å². The molecule has 4 amide bonds. The van der Waals surface area contributed by atoms with E-state index in [2.05, 4.69) is 17.2 Å². The van der Waals surface area contributed by atoms with Crippen molar-refractivity contribution >= 4 is 40.3 Å². The molecule has 0 radical (unpaired) electrons. The van der Waals surface area contributed by atoms with Crippen LogP contribution >= 0.6 is 0 Å². The maximum atomic E-state index is 14.0. The van der Waals surface area contributed by atoms with Crippen molar-refractivity contribution in [3.63, 3.8) is 0 Å². The van der Waals surface area contributed by atoms with Crippen molar-refractivity contribution in [1.29, 1.82) is 0 Å². The van der Waals surface area contributed by atoms with Crippen molar-refractivity contribution in [2.75, 3.05) is 11.9 Å². The summed E-state index contributed by atoms with van der Waals surface area (Å²) < 4.78 is 5.34. The molecule has 2 atom stereocenters. The van der Waals surface area contributed by atoms with E-state index in [4.69, 9.17) is 10.5 Å². The molecular formula is C31H36N4O5. The molecule has 0 heterocycles. The molecule has 9 nitrogen and oxygen atoms in total. The van der Waals surface area contributed by atoms with Gasteiger partial charge in [-0.3, -0.25) is 14.4 Å². The first-order chi connectivity index (χ1) is 19.0. The van der Waals surface area contributed by atoms with E-state index in [9.17, 15) is 19.2 Å². The topological polar surface area (TPSA) is 131 Å². The van der Waals surface area contributed by atoms with E-state index in [0.29, 0.717) is 11.3 Å². The Labute approximate surface area is 234 Å². The average Bonchev–Trinajstić information content (AvgIpc) is 2.89. The molecule has 0 bridgehead atoms. The summed E-state index contributed by atoms with van der Waals surface area (Å²) in [6.07, 6.45) is 0.434. The number of nitrogens with one attached hydrogen (secondary N) is 2. The maximum Gasteiger partial charge on any atom is 0.408 e. The van der Waals surface area contributed by atoms with Gasteiger partial charge in [0.1, 0.15) is 17.7 Å². The Kier molecular flexibility index (Phi) is 10.0. The number of alkyl carbamates (subject to hydrolysis) is 1. The molecule has 3 aromatic rings. The molecule has 0 aliphatic rings. The number of fused-ring (bicyclic) bond motifs is 1. The number of nitrogens with two attached hydrogens (primary N) is 1. The molecule has 210 valence electrons. The van der Waals surface area contributed by atoms with Crippen LogP contribution in [0, 0.1) is 0 Å². The standard InChI is InChI=1S/C31H36N4O5/c1-5-19-35(29(38)25(17-18-26(32)36)34-30(39)40-31(2,3)4)27(22-12-7-6-8-13-22)28(37)33-24-16-15-21-11-9-10-14-23(21)20-24/h5-16,20,25,27H,1,17-19H2,2-4H3,(H2,32,36)(H,33,37)(H,34,39). The van der Waals surface area contributed by atoms with Crippen molar-refractivity contribution < 1.29 is 23.9 Å². The number of primary amides is 1. The van der Waals surface area contributed by atoms with Crippen molar-refractivity contribution in [3.8, 4) is 0 Å². The number of hydrogen-bond donors (Lipinski definition) is 3. The van der Waals surface area contributed by atoms with Crippen molar-refractivity contribution in [3.05, 3.63) is 91.0 Å². The first-order valence-corrected chi connectivity index (χ1v) is 13.0. The van der Waals surface area contributed by atoms with Gasteiger partial charge in [-0.05, 0) is 55.7 Å². The summed E-state index contributed by atoms with van der Waals surface area (Å²) >= 11 is 0. The third kappa shape index (κ3) is 8.42. The van der Waals surface area contributed by atoms with Gasteiger partial charge in [0, 0.05) is 18.7 Å². The van der Waals surface area contributed by atoms with Gasteiger partial charge < -0.3 is 26.0 Å². The Morgan fingerprint density at radius 3 is 2.25 bits per heavy atom. The summed E-state index contributed by atoms with van der Waals surface area (Å²) in [5.74, 6) is -1.68. The molecule has 40 heavy (non-hydrogen) atoms. The molecule has 0 saturated heterocycles. The SMILES string of the molecule is C=CCN(C(=O)C(CCC(N)=O)NC(=O)OC(C)(C)C)C(C(=O)Nc1ccc2ccccc2c1)c1ccccc1. The van der Waals surface area contributed by atoms with Crippen molar-refractivity contribution in [2.45, 2.75) is 51.3 Å². The molecule has 0 aliphatic carbocycles. The van der Waals surface area contributed by atoms with Crippen LogP contribution in [0.3, 0.4) is 0 Å². The highest BCUT2D eigenvalue weighted by atomic mass is 16.6. The second-order valence-electron chi connectivity index (χ2n) is 10.3. The van der Waals surface area contributed by atoms with Crippen LogP contribution in [-0.4, -0.2) is 46.9 Å². The monoisotopic (exact) mass is 544 g/mol. The van der Waals surface area contributed by atoms with Gasteiger partial charge in [-0.25, -0.2) is 4.79 Å². The van der Waals surface area contributed by atoms with Crippen molar-refractivity contribution in [2.24, 2.45) is 5.73 Å². The van der Waals surface area contributed by atoms with Gasteiger partial charge in [0.25, 0.3) is 5.91 Å². The molecular weight excluding hydrogens is 508 g/mol. The van der Waals surface area contributed by atoms with E-state index in [-0.39, 0.29) is 19.4 Å². The van der Waals surface area contributed by atoms with Crippen LogP contribution in [0.15, 0.2) is 85.5 Å². The molecule has 0 fully saturated rings. The van der Waals surface area contributed by atoms with Gasteiger partial charge >= 0.3 is 6.09 Å². The molecule has 0 aromatic heterocycles. The van der Waals surface area contributed by atoms with Gasteiger partial charge in [-0.2, -0.15) is 0 Å². The Morgan fingerprint density at radius 1 is 0.975 bits per heavy atom. The van der Waals surface area contributed by atoms with Crippen molar-refractivity contribution in [1.82, 2.24) is 10.2 Å². The Balaban J connectivity index is 1.97. The number of amides is 4. The first-order valence-electron chi connectivity index (χ1n) is 13.0. The predicted octanol–water partition coefficient (Wildman–Crippen LogP) is 4.69. The zero-order chi connectivity index (χ0) is 29.3.